The summed E-state index contributed by atoms with van der Waals surface area (Å²) in [4.78, 5) is 32.4. The second kappa shape index (κ2) is 16.6. The molecule has 0 amide bonds. The minimum absolute atomic E-state index is 0.429. The van der Waals surface area contributed by atoms with Gasteiger partial charge in [-0.15, -0.1) is 0 Å². The highest BCUT2D eigenvalue weighted by Crippen LogP contribution is 2.34. The minimum Gasteiger partial charge on any atom is -0.278 e. The highest BCUT2D eigenvalue weighted by atomic mass is 28.3. The Balaban J connectivity index is 0.943. The Kier molecular flexibility index (Phi) is 9.14. The molecule has 370 valence electrons. The number of imidazole rings is 6. The summed E-state index contributed by atoms with van der Waals surface area (Å²) in [5.74, 6) is 3.62. The molecule has 0 saturated heterocycles. The van der Waals surface area contributed by atoms with Crippen molar-refractivity contribution in [1.82, 2.24) is 56.8 Å². The third kappa shape index (κ3) is 6.18. The maximum atomic E-state index is 5.54. The Bertz CT molecular complexity index is 5090. The van der Waals surface area contributed by atoms with E-state index >= 15 is 0 Å². The number of aromatic nitrogens is 12. The van der Waals surface area contributed by atoms with Gasteiger partial charge >= 0.3 is 0 Å². The highest BCUT2D eigenvalue weighted by molar-refractivity contribution is 7.20. The quantitative estimate of drug-likeness (QED) is 0.111. The normalized spacial score (nSPS) is 12.3. The third-order valence-electron chi connectivity index (χ3n) is 15.8. The van der Waals surface area contributed by atoms with Crippen molar-refractivity contribution in [2.75, 3.05) is 0 Å². The van der Waals surface area contributed by atoms with E-state index in [1.165, 1.54) is 20.7 Å². The number of para-hydroxylation sites is 12. The number of hydrogen-bond donors (Lipinski definition) is 0. The van der Waals surface area contributed by atoms with Crippen LogP contribution in [-0.4, -0.2) is 64.9 Å². The fourth-order valence-electron chi connectivity index (χ4n) is 12.5. The lowest BCUT2D eigenvalue weighted by Crippen LogP contribution is -2.74. The van der Waals surface area contributed by atoms with Crippen LogP contribution >= 0.6 is 0 Å². The first kappa shape index (κ1) is 43.5. The lowest BCUT2D eigenvalue weighted by atomic mass is 10.2. The van der Waals surface area contributed by atoms with Gasteiger partial charge in [0.25, 0.3) is 0 Å². The van der Waals surface area contributed by atoms with Gasteiger partial charge in [0.05, 0.1) is 66.2 Å². The topological polar surface area (TPSA) is 105 Å². The van der Waals surface area contributed by atoms with E-state index in [4.69, 9.17) is 29.9 Å². The predicted molar refractivity (Wildman–Crippen MR) is 318 cm³/mol. The Morgan fingerprint density at radius 2 is 0.608 bits per heavy atom. The van der Waals surface area contributed by atoms with Crippen LogP contribution in [0.15, 0.2) is 255 Å². The third-order valence-corrected chi connectivity index (χ3v) is 20.6. The number of fused-ring (bicyclic) bond motifs is 15. The van der Waals surface area contributed by atoms with Gasteiger partial charge in [0.15, 0.2) is 13.9 Å². The van der Waals surface area contributed by atoms with Gasteiger partial charge in [-0.2, -0.15) is 15.0 Å². The molecule has 79 heavy (non-hydrogen) atoms. The molecule has 0 saturated carbocycles. The molecule has 0 aliphatic heterocycles. The molecule has 0 aliphatic rings. The van der Waals surface area contributed by atoms with Crippen molar-refractivity contribution in [2.45, 2.75) is 0 Å². The number of hydrogen-bond acceptors (Lipinski definition) is 6. The zero-order valence-corrected chi connectivity index (χ0v) is 43.1. The van der Waals surface area contributed by atoms with Crippen molar-refractivity contribution >= 4 is 112 Å². The van der Waals surface area contributed by atoms with Gasteiger partial charge in [-0.05, 0) is 106 Å². The first-order valence-electron chi connectivity index (χ1n) is 26.4. The van der Waals surface area contributed by atoms with Gasteiger partial charge < -0.3 is 0 Å². The maximum absolute atomic E-state index is 5.54. The summed E-state index contributed by atoms with van der Waals surface area (Å²) in [6, 6.07) is 90.3. The predicted octanol–water partition coefficient (Wildman–Crippen LogP) is 11.2. The molecule has 17 aromatic rings. The molecular formula is C66H42N12Si. The molecule has 0 bridgehead atoms. The summed E-state index contributed by atoms with van der Waals surface area (Å²) in [6.45, 7) is 0. The molecule has 0 unspecified atom stereocenters. The van der Waals surface area contributed by atoms with Gasteiger partial charge in [-0.25, -0.2) is 24.1 Å². The Morgan fingerprint density at radius 3 is 1.08 bits per heavy atom. The van der Waals surface area contributed by atoms with Gasteiger partial charge in [0, 0.05) is 11.3 Å². The molecule has 13 heteroatoms. The smallest absolute Gasteiger partial charge is 0.242 e. The second-order valence-corrected chi connectivity index (χ2v) is 23.9. The molecule has 10 aromatic carbocycles. The van der Waals surface area contributed by atoms with E-state index in [2.05, 4.69) is 270 Å². The number of rotatable bonds is 8. The minimum atomic E-state index is -3.24. The van der Waals surface area contributed by atoms with Crippen LogP contribution in [-0.2, 0) is 0 Å². The molecule has 12 nitrogen and oxygen atoms in total. The summed E-state index contributed by atoms with van der Waals surface area (Å²) in [7, 11) is -3.24. The first-order valence-corrected chi connectivity index (χ1v) is 28.4. The van der Waals surface area contributed by atoms with Crippen LogP contribution in [0.3, 0.4) is 0 Å². The van der Waals surface area contributed by atoms with E-state index in [1.807, 2.05) is 12.1 Å². The Hall–Kier alpha value is -10.8. The lowest BCUT2D eigenvalue weighted by Gasteiger charge is -2.35. The fraction of sp³-hybridized carbons (Fsp3) is 0. The first-order chi connectivity index (χ1) is 39.2. The molecule has 0 radical (unpaired) electrons. The lowest BCUT2D eigenvalue weighted by molar-refractivity contribution is 0.877. The molecule has 0 atom stereocenters. The molecular weight excluding hydrogens is 989 g/mol. The van der Waals surface area contributed by atoms with Crippen molar-refractivity contribution in [3.63, 3.8) is 0 Å². The van der Waals surface area contributed by atoms with Crippen molar-refractivity contribution < 1.29 is 0 Å². The van der Waals surface area contributed by atoms with Crippen LogP contribution in [0, 0.1) is 0 Å². The molecule has 0 aliphatic carbocycles. The standard InChI is InChI=1S/C66H42N12Si/c1-3-23-45(24-4-1)79(46-25-5-2-6-26-46,48-28-20-22-44(42-48)73-55-35-13-14-36-56(55)74-52-32-10-7-29-49(52)67-64(73)74)47-27-19-21-43(41-47)61-70-62(77-59-39-17-15-37-57(59)75-53-33-11-8-30-50(53)68-65(75)77)72-63(71-61)78-60-40-18-16-38-58(60)76-54-34-12-9-31-51(54)69-66(76)78/h1-42H. The van der Waals surface area contributed by atoms with Gasteiger partial charge in [0.2, 0.25) is 29.2 Å². The summed E-state index contributed by atoms with van der Waals surface area (Å²) >= 11 is 0. The largest absolute Gasteiger partial charge is 0.278 e. The zero-order valence-electron chi connectivity index (χ0n) is 42.1. The monoisotopic (exact) mass is 1030 g/mol. The van der Waals surface area contributed by atoms with E-state index in [0.717, 1.165) is 83.2 Å². The van der Waals surface area contributed by atoms with Crippen molar-refractivity contribution in [3.8, 4) is 29.0 Å². The van der Waals surface area contributed by atoms with E-state index in [9.17, 15) is 0 Å². The summed E-state index contributed by atoms with van der Waals surface area (Å²) in [6.07, 6.45) is 0. The Morgan fingerprint density at radius 1 is 0.253 bits per heavy atom. The number of nitrogens with zero attached hydrogens (tertiary/aromatic N) is 12. The Labute approximate surface area is 450 Å². The average Bonchev–Trinajstić information content (AvgIpc) is 4.41. The molecule has 7 aromatic heterocycles. The van der Waals surface area contributed by atoms with Crippen LogP contribution in [0.4, 0.5) is 0 Å². The summed E-state index contributed by atoms with van der Waals surface area (Å²) in [5.41, 5.74) is 13.6. The van der Waals surface area contributed by atoms with E-state index < -0.39 is 8.07 Å². The van der Waals surface area contributed by atoms with Crippen LogP contribution in [0.2, 0.25) is 0 Å². The molecule has 7 heterocycles. The van der Waals surface area contributed by atoms with Gasteiger partial charge in [-0.1, -0.05) is 170 Å². The second-order valence-electron chi connectivity index (χ2n) is 20.1. The maximum Gasteiger partial charge on any atom is 0.242 e. The van der Waals surface area contributed by atoms with Crippen molar-refractivity contribution in [1.29, 1.82) is 0 Å². The zero-order chi connectivity index (χ0) is 51.8. The molecule has 0 N–H and O–H groups in total. The summed E-state index contributed by atoms with van der Waals surface area (Å²) < 4.78 is 13.1. The van der Waals surface area contributed by atoms with Gasteiger partial charge in [0.1, 0.15) is 0 Å². The number of benzene rings is 10. The van der Waals surface area contributed by atoms with E-state index in [-0.39, 0.29) is 0 Å². The van der Waals surface area contributed by atoms with Crippen molar-refractivity contribution in [3.05, 3.63) is 255 Å². The average molecular weight is 1030 g/mol. The van der Waals surface area contributed by atoms with Crippen LogP contribution < -0.4 is 20.7 Å². The highest BCUT2D eigenvalue weighted by Gasteiger charge is 2.42. The van der Waals surface area contributed by atoms with Gasteiger partial charge in [-0.3, -0.25) is 17.8 Å². The molecule has 0 spiro atoms. The molecule has 17 rings (SSSR count). The van der Waals surface area contributed by atoms with Crippen molar-refractivity contribution in [2.24, 2.45) is 0 Å². The fourth-order valence-corrected chi connectivity index (χ4v) is 17.3. The van der Waals surface area contributed by atoms with E-state index in [0.29, 0.717) is 29.3 Å². The van der Waals surface area contributed by atoms with Crippen LogP contribution in [0.1, 0.15) is 0 Å². The van der Waals surface area contributed by atoms with Crippen LogP contribution in [0.25, 0.3) is 113 Å². The van der Waals surface area contributed by atoms with E-state index in [1.54, 1.807) is 0 Å². The van der Waals surface area contributed by atoms with Crippen LogP contribution in [0.5, 0.6) is 0 Å². The molecule has 0 fully saturated rings. The SMILES string of the molecule is c1ccc([Si](c2ccccc2)(c2cccc(-c3nc(-n4c5ccccc5n5c6ccccc6nc45)nc(-n4c5ccccc5n5c6ccccc6nc45)n3)c2)c2cccc(-n3c4ccccc4n4c5ccccc5nc34)c2)cc1. The summed E-state index contributed by atoms with van der Waals surface area (Å²) in [5, 5.41) is 4.85.